The van der Waals surface area contributed by atoms with Gasteiger partial charge in [-0.25, -0.2) is 4.79 Å². The predicted octanol–water partition coefficient (Wildman–Crippen LogP) is 0.577. The maximum atomic E-state index is 11.2. The number of hydrogen-bond donors (Lipinski definition) is 1. The average molecular weight is 1420 g/mol. The number of ether oxygens (including phenoxy) is 5. The van der Waals surface area contributed by atoms with E-state index in [1.54, 1.807) is 14.2 Å². The van der Waals surface area contributed by atoms with Crippen LogP contribution in [0.15, 0.2) is 0 Å². The fraction of sp³-hybridized carbons (Fsp3) is 0.680. The summed E-state index contributed by atoms with van der Waals surface area (Å²) in [7, 11) is 3.16. The summed E-state index contributed by atoms with van der Waals surface area (Å²) in [6.45, 7) is 2.64. The van der Waals surface area contributed by atoms with Crippen LogP contribution in [0.4, 0.5) is 9.59 Å². The number of nitrogens with zero attached hydrogens (tertiary/aromatic N) is 3. The molecule has 3 rings (SSSR count). The summed E-state index contributed by atoms with van der Waals surface area (Å²) in [5, 5.41) is 9.14. The van der Waals surface area contributed by atoms with Gasteiger partial charge in [-0.2, -0.15) is 4.79 Å². The number of methoxy groups -OCH3 is 2. The van der Waals surface area contributed by atoms with Crippen LogP contribution in [0.3, 0.4) is 0 Å². The average Bonchev–Trinajstić information content (AvgIpc) is 3.70. The van der Waals surface area contributed by atoms with Gasteiger partial charge in [0.1, 0.15) is 6.61 Å². The molecule has 0 atom stereocenters. The zero-order valence-corrected chi connectivity index (χ0v) is 39.6. The number of imide groups is 3. The van der Waals surface area contributed by atoms with Gasteiger partial charge in [0.2, 0.25) is 0 Å². The van der Waals surface area contributed by atoms with E-state index >= 15 is 0 Å². The minimum absolute atomic E-state index is 0. The summed E-state index contributed by atoms with van der Waals surface area (Å²) >= 11 is 9.54. The zero-order chi connectivity index (χ0) is 37.6. The normalized spacial score (nSPS) is 14.4. The molecular formula is C25H40I6N3O17-. The molecule has 0 spiro atoms. The molecule has 3 aliphatic heterocycles. The molecule has 0 aromatic heterocycles. The Morgan fingerprint density at radius 2 is 0.863 bits per heavy atom. The first-order valence-electron chi connectivity index (χ1n) is 13.5. The molecule has 3 saturated heterocycles. The Bertz CT molecular complexity index is 969. The van der Waals surface area contributed by atoms with Gasteiger partial charge in [-0.1, -0.05) is 22.6 Å². The van der Waals surface area contributed by atoms with Crippen LogP contribution in [0.25, 0.3) is 0 Å². The predicted molar refractivity (Wildman–Crippen MR) is 214 cm³/mol. The number of aliphatic hydroxyl groups is 1. The second-order valence-electron chi connectivity index (χ2n) is 8.36. The summed E-state index contributed by atoms with van der Waals surface area (Å²) in [5.74, 6) is -3.83. The van der Waals surface area contributed by atoms with Crippen LogP contribution in [0.1, 0.15) is 46.0 Å². The minimum Gasteiger partial charge on any atom is -0.293 e. The Morgan fingerprint density at radius 3 is 1.16 bits per heavy atom. The van der Waals surface area contributed by atoms with Gasteiger partial charge in [-0.3, -0.25) is 43.3 Å². The molecule has 6 amide bonds. The van der Waals surface area contributed by atoms with Crippen LogP contribution in [-0.4, -0.2) is 135 Å². The van der Waals surface area contributed by atoms with E-state index < -0.39 is 47.8 Å². The first-order valence-corrected chi connectivity index (χ1v) is 32.4. The molecule has 3 heterocycles. The molecule has 26 heteroatoms. The van der Waals surface area contributed by atoms with E-state index in [1.807, 2.05) is 0 Å². The number of hydrogen-bond acceptors (Lipinski definition) is 17. The zero-order valence-electron chi connectivity index (χ0n) is 26.5. The van der Waals surface area contributed by atoms with Gasteiger partial charge in [0.05, 0.1) is 46.2 Å². The van der Waals surface area contributed by atoms with Crippen molar-refractivity contribution in [1.82, 2.24) is 15.2 Å². The molecule has 1 N–H and O–H groups in total. The van der Waals surface area contributed by atoms with Crippen LogP contribution < -0.4 is 13.3 Å². The molecule has 3 aliphatic rings. The van der Waals surface area contributed by atoms with Crippen LogP contribution in [0.5, 0.6) is 0 Å². The smallest absolute Gasteiger partial charge is 0.293 e. The third-order valence-corrected chi connectivity index (χ3v) is 5.06. The Hall–Kier alpha value is 0.140. The first-order chi connectivity index (χ1) is 23.5. The summed E-state index contributed by atoms with van der Waals surface area (Å²) in [4.78, 5) is 102. The van der Waals surface area contributed by atoms with Gasteiger partial charge in [0, 0.05) is 90.0 Å². The van der Waals surface area contributed by atoms with Crippen molar-refractivity contribution in [1.29, 1.82) is 0 Å². The van der Waals surface area contributed by atoms with E-state index in [2.05, 4.69) is 98.5 Å². The molecule has 0 bridgehead atoms. The third kappa shape index (κ3) is 28.2. The van der Waals surface area contributed by atoms with Crippen LogP contribution in [0.2, 0.25) is 0 Å². The van der Waals surface area contributed by atoms with E-state index in [1.165, 1.54) is 0 Å². The molecule has 20 nitrogen and oxygen atoms in total. The number of hydroxylamine groups is 6. The molecular weight excluding hydrogens is 1380 g/mol. The van der Waals surface area contributed by atoms with Gasteiger partial charge in [0.15, 0.2) is 0 Å². The van der Waals surface area contributed by atoms with Gasteiger partial charge in [0.25, 0.3) is 35.4 Å². The summed E-state index contributed by atoms with van der Waals surface area (Å²) in [6.07, 6.45) is -2.74. The number of amides is 6. The van der Waals surface area contributed by atoms with Crippen molar-refractivity contribution in [2.75, 3.05) is 67.1 Å². The number of rotatable bonds is 14. The number of halogens is 6. The van der Waals surface area contributed by atoms with Crippen molar-refractivity contribution in [2.24, 2.45) is 0 Å². The topological polar surface area (TPSA) is 240 Å². The molecule has 51 heavy (non-hydrogen) atoms. The van der Waals surface area contributed by atoms with E-state index in [0.717, 1.165) is 0 Å². The van der Waals surface area contributed by atoms with Crippen LogP contribution in [0, 0.1) is 0 Å². The number of aliphatic hydroxyl groups excluding tert-OH is 1. The second-order valence-corrected chi connectivity index (χ2v) is 24.6. The molecule has 300 valence electrons. The Balaban J connectivity index is -0.000000316. The maximum absolute atomic E-state index is 11.2. The Labute approximate surface area is 364 Å². The molecule has 3 fully saturated rings. The maximum Gasteiger partial charge on any atom is 0.560 e. The molecule has 0 aliphatic carbocycles. The van der Waals surface area contributed by atoms with Crippen LogP contribution >= 0.6 is 98.4 Å². The van der Waals surface area contributed by atoms with Gasteiger partial charge < -0.3 is 28.8 Å². The third-order valence-electron chi connectivity index (χ3n) is 5.06. The standard InChI is InChI=1S/C10H15NO7.C9H8N2O7.C5H12O3.CH4.I3.I2.HI/c1-15-4-5-16-6-7-17-10(14)18-11-8(12)2-3-9(11)13;12-5-1-2-6(13)10(5)17-9(16)18-11-7(14)3-4-8(11)15;1-7-4-5-8-3-2-6;;1-3-2;1-2;/h2-7H2,1H3;1-4H2;6H,2-5H2,1H3;1H4;;;1H/q;;;;-1;;. The molecule has 0 unspecified atom stereocenters. The van der Waals surface area contributed by atoms with Crippen molar-refractivity contribution in [2.45, 2.75) is 46.0 Å². The van der Waals surface area contributed by atoms with Crippen molar-refractivity contribution in [3.63, 3.8) is 0 Å². The Kier molecular flexibility index (Phi) is 43.6. The van der Waals surface area contributed by atoms with Gasteiger partial charge in [-0.05, 0) is 0 Å². The summed E-state index contributed by atoms with van der Waals surface area (Å²) in [5.41, 5.74) is 0. The van der Waals surface area contributed by atoms with Crippen molar-refractivity contribution < 1.29 is 94.9 Å². The molecule has 0 radical (unpaired) electrons. The van der Waals surface area contributed by atoms with E-state index in [9.17, 15) is 38.4 Å². The second kappa shape index (κ2) is 38.4. The summed E-state index contributed by atoms with van der Waals surface area (Å²) in [6, 6.07) is 0. The van der Waals surface area contributed by atoms with Gasteiger partial charge >= 0.3 is 62.8 Å². The summed E-state index contributed by atoms with van der Waals surface area (Å²) < 4.78 is 23.9. The fourth-order valence-electron chi connectivity index (χ4n) is 2.98. The number of carbonyl (C=O) groups is 8. The van der Waals surface area contributed by atoms with E-state index in [4.69, 9.17) is 19.3 Å². The van der Waals surface area contributed by atoms with Gasteiger partial charge in [-0.15, -0.1) is 24.0 Å². The largest absolute Gasteiger partial charge is 0.560 e. The first kappa shape index (κ1) is 57.9. The number of carbonyl (C=O) groups excluding carboxylic acids is 8. The van der Waals surface area contributed by atoms with E-state index in [-0.39, 0.29) is 99.9 Å². The van der Waals surface area contributed by atoms with Crippen molar-refractivity contribution >= 4 is 146 Å². The molecule has 0 saturated carbocycles. The molecule has 0 aromatic rings. The van der Waals surface area contributed by atoms with Crippen molar-refractivity contribution in [3.05, 3.63) is 0 Å². The fourth-order valence-corrected chi connectivity index (χ4v) is 2.98. The van der Waals surface area contributed by atoms with E-state index in [0.29, 0.717) is 51.4 Å². The molecule has 0 aromatic carbocycles. The Morgan fingerprint density at radius 1 is 0.588 bits per heavy atom. The quantitative estimate of drug-likeness (QED) is 0.108. The van der Waals surface area contributed by atoms with Crippen molar-refractivity contribution in [3.8, 4) is 0 Å². The SMILES string of the molecule is C.COCCOCCO.COCCOCCOC(=O)ON1C(=O)CCC1=O.I.II.I[I-]I.O=C(ON1C(=O)CCC1=O)ON1C(=O)CCC1=O. The monoisotopic (exact) mass is 1420 g/mol. The minimum atomic E-state index is -1.48. The van der Waals surface area contributed by atoms with Crippen LogP contribution in [-0.2, 0) is 67.0 Å².